The van der Waals surface area contributed by atoms with E-state index in [1.165, 1.54) is 19.2 Å². The molecule has 0 aromatic heterocycles. The van der Waals surface area contributed by atoms with Gasteiger partial charge in [0.2, 0.25) is 0 Å². The Balaban J connectivity index is 2.32. The fraction of sp³-hybridized carbons (Fsp3) is 0.435. The summed E-state index contributed by atoms with van der Waals surface area (Å²) in [4.78, 5) is 12.3. The lowest BCUT2D eigenvalue weighted by Gasteiger charge is -2.40. The number of nitrogens with two attached hydrogens (primary N) is 1. The van der Waals surface area contributed by atoms with Crippen LogP contribution >= 0.6 is 23.2 Å². The van der Waals surface area contributed by atoms with E-state index in [0.29, 0.717) is 22.8 Å². The monoisotopic (exact) mass is 468 g/mol. The van der Waals surface area contributed by atoms with Crippen LogP contribution in [-0.2, 0) is 10.3 Å². The van der Waals surface area contributed by atoms with Crippen molar-refractivity contribution in [3.8, 4) is 5.75 Å². The van der Waals surface area contributed by atoms with Gasteiger partial charge in [0.1, 0.15) is 17.6 Å². The second-order valence-corrected chi connectivity index (χ2v) is 10.1. The SMILES string of the molecule is COc1ccc(Cl)cc1[C@H]1[C@H](C(=O)O)N[C@@H](CC(C)(C)C)[C@]1(N)c1ccc(Cl)cc1F. The van der Waals surface area contributed by atoms with Crippen LogP contribution in [0.1, 0.15) is 44.2 Å². The van der Waals surface area contributed by atoms with Crippen molar-refractivity contribution in [3.63, 3.8) is 0 Å². The van der Waals surface area contributed by atoms with Gasteiger partial charge >= 0.3 is 5.97 Å². The van der Waals surface area contributed by atoms with Crippen LogP contribution in [0.2, 0.25) is 10.0 Å². The first-order valence-electron chi connectivity index (χ1n) is 9.95. The van der Waals surface area contributed by atoms with E-state index < -0.39 is 35.3 Å². The first-order chi connectivity index (χ1) is 14.4. The number of carbonyl (C=O) groups is 1. The lowest BCUT2D eigenvalue weighted by atomic mass is 9.68. The summed E-state index contributed by atoms with van der Waals surface area (Å²) in [6.07, 6.45) is 0.509. The molecule has 4 N–H and O–H groups in total. The summed E-state index contributed by atoms with van der Waals surface area (Å²) in [5, 5.41) is 13.9. The highest BCUT2D eigenvalue weighted by molar-refractivity contribution is 6.31. The van der Waals surface area contributed by atoms with Crippen LogP contribution in [-0.4, -0.2) is 30.3 Å². The molecule has 1 aliphatic rings. The molecule has 31 heavy (non-hydrogen) atoms. The molecule has 0 amide bonds. The molecule has 1 heterocycles. The molecular formula is C23H27Cl2FN2O3. The lowest BCUT2D eigenvalue weighted by molar-refractivity contribution is -0.139. The summed E-state index contributed by atoms with van der Waals surface area (Å²) in [7, 11) is 1.48. The van der Waals surface area contributed by atoms with Crippen molar-refractivity contribution in [1.29, 1.82) is 0 Å². The smallest absolute Gasteiger partial charge is 0.321 e. The molecule has 1 fully saturated rings. The Bertz CT molecular complexity index is 995. The average Bonchev–Trinajstić information content (AvgIpc) is 2.93. The summed E-state index contributed by atoms with van der Waals surface area (Å²) in [5.41, 5.74) is 6.12. The summed E-state index contributed by atoms with van der Waals surface area (Å²) in [5.74, 6) is -2.11. The minimum atomic E-state index is -1.41. The Morgan fingerprint density at radius 3 is 2.39 bits per heavy atom. The van der Waals surface area contributed by atoms with Gasteiger partial charge in [-0.25, -0.2) is 4.39 Å². The Labute approximate surface area is 191 Å². The third-order valence-electron chi connectivity index (χ3n) is 5.81. The van der Waals surface area contributed by atoms with Gasteiger partial charge in [0.25, 0.3) is 0 Å². The van der Waals surface area contributed by atoms with Gasteiger partial charge in [-0.1, -0.05) is 50.0 Å². The number of hydrogen-bond acceptors (Lipinski definition) is 4. The van der Waals surface area contributed by atoms with Crippen molar-refractivity contribution in [2.45, 2.75) is 50.7 Å². The molecule has 168 valence electrons. The Morgan fingerprint density at radius 1 is 1.23 bits per heavy atom. The van der Waals surface area contributed by atoms with Gasteiger partial charge in [0.15, 0.2) is 0 Å². The van der Waals surface area contributed by atoms with E-state index in [1.54, 1.807) is 24.3 Å². The standard InChI is InChI=1S/C23H27Cl2FN2O3/c1-22(2,3)11-18-23(27,15-7-5-13(25)10-16(15)26)19(20(28-18)21(29)30)14-9-12(24)6-8-17(14)31-4/h5-10,18-20,28H,11,27H2,1-4H3,(H,29,30)/t18-,19-,20+,23+/m0/s1. The van der Waals surface area contributed by atoms with Crippen LogP contribution in [0.25, 0.3) is 0 Å². The van der Waals surface area contributed by atoms with E-state index >= 15 is 4.39 Å². The molecule has 0 aliphatic carbocycles. The quantitative estimate of drug-likeness (QED) is 0.578. The summed E-state index contributed by atoms with van der Waals surface area (Å²) in [6.45, 7) is 6.07. The molecule has 1 aliphatic heterocycles. The first-order valence-corrected chi connectivity index (χ1v) is 10.7. The van der Waals surface area contributed by atoms with Crippen molar-refractivity contribution < 1.29 is 19.0 Å². The molecule has 3 rings (SSSR count). The summed E-state index contributed by atoms with van der Waals surface area (Å²) >= 11 is 12.2. The second-order valence-electron chi connectivity index (χ2n) is 9.22. The maximum absolute atomic E-state index is 15.2. The Kier molecular flexibility index (Phi) is 6.59. The number of ether oxygens (including phenoxy) is 1. The number of carboxylic acid groups (broad SMARTS) is 1. The van der Waals surface area contributed by atoms with Crippen molar-refractivity contribution in [3.05, 3.63) is 63.4 Å². The van der Waals surface area contributed by atoms with E-state index in [1.807, 2.05) is 20.8 Å². The van der Waals surface area contributed by atoms with Crippen LogP contribution in [0.3, 0.4) is 0 Å². The molecular weight excluding hydrogens is 442 g/mol. The minimum Gasteiger partial charge on any atom is -0.496 e. The van der Waals surface area contributed by atoms with E-state index in [0.717, 1.165) is 0 Å². The number of benzene rings is 2. The molecule has 0 radical (unpaired) electrons. The van der Waals surface area contributed by atoms with Gasteiger partial charge in [0.05, 0.1) is 12.6 Å². The van der Waals surface area contributed by atoms with Crippen molar-refractivity contribution in [1.82, 2.24) is 5.32 Å². The molecule has 2 aromatic rings. The maximum atomic E-state index is 15.2. The topological polar surface area (TPSA) is 84.6 Å². The van der Waals surface area contributed by atoms with Crippen LogP contribution in [0, 0.1) is 11.2 Å². The van der Waals surface area contributed by atoms with Crippen LogP contribution < -0.4 is 15.8 Å². The number of aliphatic carboxylic acids is 1. The molecule has 8 heteroatoms. The third kappa shape index (κ3) is 4.53. The predicted molar refractivity (Wildman–Crippen MR) is 120 cm³/mol. The Hall–Kier alpha value is -1.86. The van der Waals surface area contributed by atoms with Crippen LogP contribution in [0.15, 0.2) is 36.4 Å². The summed E-state index contributed by atoms with van der Waals surface area (Å²) in [6, 6.07) is 7.60. The van der Waals surface area contributed by atoms with E-state index in [9.17, 15) is 9.90 Å². The maximum Gasteiger partial charge on any atom is 0.321 e. The fourth-order valence-electron chi connectivity index (χ4n) is 4.58. The summed E-state index contributed by atoms with van der Waals surface area (Å²) < 4.78 is 20.7. The molecule has 0 bridgehead atoms. The zero-order valence-corrected chi connectivity index (χ0v) is 19.4. The highest BCUT2D eigenvalue weighted by Crippen LogP contribution is 2.51. The van der Waals surface area contributed by atoms with Gasteiger partial charge in [-0.2, -0.15) is 0 Å². The normalized spacial score (nSPS) is 26.1. The average molecular weight is 469 g/mol. The molecule has 5 nitrogen and oxygen atoms in total. The van der Waals surface area contributed by atoms with Crippen molar-refractivity contribution in [2.75, 3.05) is 7.11 Å². The van der Waals surface area contributed by atoms with Gasteiger partial charge in [-0.15, -0.1) is 0 Å². The highest BCUT2D eigenvalue weighted by atomic mass is 35.5. The van der Waals surface area contributed by atoms with Gasteiger partial charge in [-0.3, -0.25) is 10.1 Å². The van der Waals surface area contributed by atoms with Gasteiger partial charge in [-0.05, 0) is 42.2 Å². The van der Waals surface area contributed by atoms with Gasteiger partial charge < -0.3 is 15.6 Å². The van der Waals surface area contributed by atoms with E-state index in [2.05, 4.69) is 5.32 Å². The van der Waals surface area contributed by atoms with Gasteiger partial charge in [0, 0.05) is 33.1 Å². The third-order valence-corrected chi connectivity index (χ3v) is 6.28. The fourth-order valence-corrected chi connectivity index (χ4v) is 4.92. The largest absolute Gasteiger partial charge is 0.496 e. The lowest BCUT2D eigenvalue weighted by Crippen LogP contribution is -2.52. The second kappa shape index (κ2) is 8.58. The first kappa shape index (κ1) is 23.8. The molecule has 4 atom stereocenters. The van der Waals surface area contributed by atoms with Crippen molar-refractivity contribution >= 4 is 29.2 Å². The predicted octanol–water partition coefficient (Wildman–Crippen LogP) is 4.94. The number of halogens is 3. The number of carboxylic acids is 1. The Morgan fingerprint density at radius 2 is 1.84 bits per heavy atom. The van der Waals surface area contributed by atoms with Crippen molar-refractivity contribution in [2.24, 2.45) is 11.1 Å². The minimum absolute atomic E-state index is 0.189. The number of nitrogens with one attached hydrogen (secondary N) is 1. The highest BCUT2D eigenvalue weighted by Gasteiger charge is 2.58. The molecule has 2 aromatic carbocycles. The molecule has 0 unspecified atom stereocenters. The van der Waals surface area contributed by atoms with Crippen LogP contribution in [0.4, 0.5) is 4.39 Å². The number of methoxy groups -OCH3 is 1. The van der Waals surface area contributed by atoms with E-state index in [4.69, 9.17) is 33.7 Å². The molecule has 0 saturated carbocycles. The van der Waals surface area contributed by atoms with Crippen LogP contribution in [0.5, 0.6) is 5.75 Å². The molecule has 0 spiro atoms. The number of hydrogen-bond donors (Lipinski definition) is 3. The zero-order chi connectivity index (χ0) is 23.1. The zero-order valence-electron chi connectivity index (χ0n) is 17.9. The molecule has 1 saturated heterocycles. The van der Waals surface area contributed by atoms with E-state index in [-0.39, 0.29) is 16.0 Å². The number of rotatable bonds is 5.